The molecule has 1 amide bonds. The number of anilines is 1. The number of carbonyl (C=O) groups is 1. The van der Waals surface area contributed by atoms with Gasteiger partial charge in [-0.15, -0.1) is 0 Å². The summed E-state index contributed by atoms with van der Waals surface area (Å²) in [5.41, 5.74) is 5.51. The van der Waals surface area contributed by atoms with Gasteiger partial charge in [-0.25, -0.2) is 4.98 Å². The summed E-state index contributed by atoms with van der Waals surface area (Å²) < 4.78 is 0. The van der Waals surface area contributed by atoms with Crippen LogP contribution in [0.5, 0.6) is 0 Å². The molecule has 1 saturated heterocycles. The first-order chi connectivity index (χ1) is 9.22. The summed E-state index contributed by atoms with van der Waals surface area (Å²) in [4.78, 5) is 20.7. The number of hydrogen-bond acceptors (Lipinski definition) is 4. The van der Waals surface area contributed by atoms with Crippen LogP contribution in [-0.2, 0) is 4.79 Å². The van der Waals surface area contributed by atoms with E-state index in [1.807, 2.05) is 30.0 Å². The van der Waals surface area contributed by atoms with Crippen LogP contribution >= 0.6 is 0 Å². The number of rotatable bonds is 4. The topological polar surface area (TPSA) is 62.5 Å². The van der Waals surface area contributed by atoms with Crippen LogP contribution < -0.4 is 10.6 Å². The monoisotopic (exact) mass is 262 g/mol. The van der Waals surface area contributed by atoms with Crippen molar-refractivity contribution in [1.29, 1.82) is 0 Å². The van der Waals surface area contributed by atoms with Crippen LogP contribution in [0.3, 0.4) is 0 Å². The van der Waals surface area contributed by atoms with Crippen LogP contribution in [0.1, 0.15) is 13.3 Å². The fourth-order valence-electron chi connectivity index (χ4n) is 2.38. The minimum Gasteiger partial charge on any atom is -0.353 e. The van der Waals surface area contributed by atoms with Crippen molar-refractivity contribution in [2.24, 2.45) is 11.7 Å². The molecule has 0 aliphatic carbocycles. The highest BCUT2D eigenvalue weighted by Gasteiger charge is 2.24. The van der Waals surface area contributed by atoms with Gasteiger partial charge >= 0.3 is 0 Å². The smallest absolute Gasteiger partial charge is 0.225 e. The van der Waals surface area contributed by atoms with Crippen molar-refractivity contribution in [3.05, 3.63) is 24.4 Å². The van der Waals surface area contributed by atoms with Crippen molar-refractivity contribution in [2.45, 2.75) is 13.3 Å². The predicted octanol–water partition coefficient (Wildman–Crippen LogP) is 0.715. The van der Waals surface area contributed by atoms with Gasteiger partial charge in [0.1, 0.15) is 5.82 Å². The molecule has 2 N–H and O–H groups in total. The van der Waals surface area contributed by atoms with Crippen molar-refractivity contribution < 1.29 is 4.79 Å². The van der Waals surface area contributed by atoms with Crippen LogP contribution in [0, 0.1) is 5.92 Å². The number of aromatic nitrogens is 1. The van der Waals surface area contributed by atoms with E-state index in [-0.39, 0.29) is 11.8 Å². The standard InChI is InChI=1S/C14H22N4O/c1-12(5-6-15)14(19)18-10-8-17(9-11-18)13-4-2-3-7-16-13/h2-4,7,12H,5-6,8-11,15H2,1H3. The van der Waals surface area contributed by atoms with Crippen LogP contribution in [0.2, 0.25) is 0 Å². The Morgan fingerprint density at radius 3 is 2.68 bits per heavy atom. The number of pyridine rings is 1. The third kappa shape index (κ3) is 3.44. The molecule has 0 saturated carbocycles. The lowest BCUT2D eigenvalue weighted by Crippen LogP contribution is -2.50. The van der Waals surface area contributed by atoms with E-state index in [1.54, 1.807) is 6.20 Å². The summed E-state index contributed by atoms with van der Waals surface area (Å²) >= 11 is 0. The zero-order valence-corrected chi connectivity index (χ0v) is 11.5. The van der Waals surface area contributed by atoms with Crippen molar-refractivity contribution in [3.63, 3.8) is 0 Å². The van der Waals surface area contributed by atoms with Gasteiger partial charge in [0.2, 0.25) is 5.91 Å². The van der Waals surface area contributed by atoms with Gasteiger partial charge in [-0.05, 0) is 25.1 Å². The molecule has 0 radical (unpaired) electrons. The highest BCUT2D eigenvalue weighted by Crippen LogP contribution is 2.14. The van der Waals surface area contributed by atoms with Crippen molar-refractivity contribution in [1.82, 2.24) is 9.88 Å². The summed E-state index contributed by atoms with van der Waals surface area (Å²) in [7, 11) is 0. The van der Waals surface area contributed by atoms with Crippen molar-refractivity contribution in [2.75, 3.05) is 37.6 Å². The molecular weight excluding hydrogens is 240 g/mol. The first-order valence-electron chi connectivity index (χ1n) is 6.87. The second-order valence-electron chi connectivity index (χ2n) is 4.98. The molecule has 0 spiro atoms. The zero-order valence-electron chi connectivity index (χ0n) is 11.5. The molecule has 0 aromatic carbocycles. The van der Waals surface area contributed by atoms with Gasteiger partial charge in [-0.1, -0.05) is 13.0 Å². The second-order valence-corrected chi connectivity index (χ2v) is 4.98. The molecule has 0 bridgehead atoms. The zero-order chi connectivity index (χ0) is 13.7. The quantitative estimate of drug-likeness (QED) is 0.868. The minimum absolute atomic E-state index is 0.0337. The molecule has 2 rings (SSSR count). The summed E-state index contributed by atoms with van der Waals surface area (Å²) in [5.74, 6) is 1.25. The first kappa shape index (κ1) is 13.8. The third-order valence-corrected chi connectivity index (χ3v) is 3.59. The van der Waals surface area contributed by atoms with Gasteiger partial charge in [0.25, 0.3) is 0 Å². The Kier molecular flexibility index (Phi) is 4.74. The molecule has 5 nitrogen and oxygen atoms in total. The molecule has 5 heteroatoms. The molecule has 1 atom stereocenters. The molecule has 2 heterocycles. The molecule has 104 valence electrons. The maximum absolute atomic E-state index is 12.2. The van der Waals surface area contributed by atoms with Crippen molar-refractivity contribution in [3.8, 4) is 0 Å². The number of carbonyl (C=O) groups excluding carboxylic acids is 1. The maximum Gasteiger partial charge on any atom is 0.225 e. The molecular formula is C14H22N4O. The number of nitrogens with two attached hydrogens (primary N) is 1. The number of hydrogen-bond donors (Lipinski definition) is 1. The van der Waals surface area contributed by atoms with Gasteiger partial charge in [-0.2, -0.15) is 0 Å². The van der Waals surface area contributed by atoms with Crippen LogP contribution in [0.4, 0.5) is 5.82 Å². The first-order valence-corrected chi connectivity index (χ1v) is 6.87. The van der Waals surface area contributed by atoms with E-state index in [4.69, 9.17) is 5.73 Å². The minimum atomic E-state index is 0.0337. The molecule has 1 aromatic rings. The fraction of sp³-hybridized carbons (Fsp3) is 0.571. The van der Waals surface area contributed by atoms with E-state index in [1.165, 1.54) is 0 Å². The van der Waals surface area contributed by atoms with E-state index in [2.05, 4.69) is 9.88 Å². The molecule has 1 aromatic heterocycles. The van der Waals surface area contributed by atoms with E-state index >= 15 is 0 Å². The van der Waals surface area contributed by atoms with Crippen LogP contribution in [0.25, 0.3) is 0 Å². The van der Waals surface area contributed by atoms with Gasteiger partial charge < -0.3 is 15.5 Å². The van der Waals surface area contributed by atoms with E-state index in [0.717, 1.165) is 38.4 Å². The molecule has 1 fully saturated rings. The number of amides is 1. The van der Waals surface area contributed by atoms with E-state index in [0.29, 0.717) is 6.54 Å². The van der Waals surface area contributed by atoms with Crippen molar-refractivity contribution >= 4 is 11.7 Å². The Bertz CT molecular complexity index is 401. The summed E-state index contributed by atoms with van der Waals surface area (Å²) in [5, 5.41) is 0. The SMILES string of the molecule is CC(CCN)C(=O)N1CCN(c2ccccn2)CC1. The van der Waals surface area contributed by atoms with Gasteiger partial charge in [0.05, 0.1) is 0 Å². The Balaban J connectivity index is 1.87. The highest BCUT2D eigenvalue weighted by molar-refractivity contribution is 5.78. The largest absolute Gasteiger partial charge is 0.353 e. The molecule has 1 unspecified atom stereocenters. The number of piperazine rings is 1. The second kappa shape index (κ2) is 6.52. The van der Waals surface area contributed by atoms with E-state index < -0.39 is 0 Å². The van der Waals surface area contributed by atoms with Gasteiger partial charge in [-0.3, -0.25) is 4.79 Å². The lowest BCUT2D eigenvalue weighted by atomic mass is 10.1. The van der Waals surface area contributed by atoms with Gasteiger partial charge in [0, 0.05) is 38.3 Å². The van der Waals surface area contributed by atoms with Crippen LogP contribution in [-0.4, -0.2) is 48.5 Å². The molecule has 1 aliphatic rings. The summed E-state index contributed by atoms with van der Waals surface area (Å²) in [6.45, 7) is 5.76. The van der Waals surface area contributed by atoms with Gasteiger partial charge in [0.15, 0.2) is 0 Å². The lowest BCUT2D eigenvalue weighted by molar-refractivity contribution is -0.135. The number of nitrogens with zero attached hydrogens (tertiary/aromatic N) is 3. The average molecular weight is 262 g/mol. The summed E-state index contributed by atoms with van der Waals surface area (Å²) in [6, 6.07) is 5.91. The third-order valence-electron chi connectivity index (χ3n) is 3.59. The molecule has 1 aliphatic heterocycles. The Labute approximate surface area is 114 Å². The highest BCUT2D eigenvalue weighted by atomic mass is 16.2. The van der Waals surface area contributed by atoms with E-state index in [9.17, 15) is 4.79 Å². The Morgan fingerprint density at radius 2 is 2.11 bits per heavy atom. The molecule has 19 heavy (non-hydrogen) atoms. The predicted molar refractivity (Wildman–Crippen MR) is 75.9 cm³/mol. The Morgan fingerprint density at radius 1 is 1.37 bits per heavy atom. The summed E-state index contributed by atoms with van der Waals surface area (Å²) in [6.07, 6.45) is 2.56. The fourth-order valence-corrected chi connectivity index (χ4v) is 2.38. The average Bonchev–Trinajstić information content (AvgIpc) is 2.48. The lowest BCUT2D eigenvalue weighted by Gasteiger charge is -2.36. The van der Waals surface area contributed by atoms with Crippen LogP contribution in [0.15, 0.2) is 24.4 Å². The maximum atomic E-state index is 12.2. The normalized spacial score (nSPS) is 17.4. The Hall–Kier alpha value is -1.62.